The molecule has 1 spiro atoms. The molecule has 0 aromatic heterocycles. The van der Waals surface area contributed by atoms with E-state index in [0.717, 1.165) is 13.0 Å². The molecule has 3 heteroatoms. The average Bonchev–Trinajstić information content (AvgIpc) is 2.51. The second-order valence-corrected chi connectivity index (χ2v) is 5.80. The molecule has 13 heavy (non-hydrogen) atoms. The molecule has 0 aromatic carbocycles. The van der Waals surface area contributed by atoms with Crippen molar-refractivity contribution >= 4 is 17.5 Å². The van der Waals surface area contributed by atoms with Crippen molar-refractivity contribution in [3.8, 4) is 0 Å². The van der Waals surface area contributed by atoms with Crippen LogP contribution in [-0.2, 0) is 4.79 Å². The van der Waals surface area contributed by atoms with Crippen molar-refractivity contribution in [3.05, 3.63) is 0 Å². The minimum atomic E-state index is 0.144. The van der Waals surface area contributed by atoms with Crippen molar-refractivity contribution < 1.29 is 4.79 Å². The Kier molecular flexibility index (Phi) is 2.65. The van der Waals surface area contributed by atoms with E-state index < -0.39 is 0 Å². The van der Waals surface area contributed by atoms with Gasteiger partial charge < -0.3 is 5.32 Å². The van der Waals surface area contributed by atoms with Crippen LogP contribution in [-0.4, -0.2) is 28.9 Å². The summed E-state index contributed by atoms with van der Waals surface area (Å²) < 4.78 is 0.411. The molecule has 0 saturated carbocycles. The number of carbonyl (C=O) groups is 1. The fraction of sp³-hybridized carbons (Fsp3) is 0.900. The van der Waals surface area contributed by atoms with Gasteiger partial charge in [0.2, 0.25) is 0 Å². The molecular formula is C10H17NOS. The van der Waals surface area contributed by atoms with Gasteiger partial charge in [0.05, 0.1) is 6.04 Å². The minimum Gasteiger partial charge on any atom is -0.306 e. The third-order valence-corrected chi connectivity index (χ3v) is 4.79. The number of hydrogen-bond acceptors (Lipinski definition) is 3. The van der Waals surface area contributed by atoms with E-state index in [0.29, 0.717) is 10.5 Å². The molecule has 1 unspecified atom stereocenters. The molecule has 2 nitrogen and oxygen atoms in total. The van der Waals surface area contributed by atoms with E-state index in [1.807, 2.05) is 0 Å². The second kappa shape index (κ2) is 3.62. The van der Waals surface area contributed by atoms with Crippen molar-refractivity contribution in [3.63, 3.8) is 0 Å². The largest absolute Gasteiger partial charge is 0.306 e. The summed E-state index contributed by atoms with van der Waals surface area (Å²) >= 11 is 2.08. The number of rotatable bonds is 1. The minimum absolute atomic E-state index is 0.144. The van der Waals surface area contributed by atoms with Gasteiger partial charge in [-0.1, -0.05) is 6.42 Å². The highest BCUT2D eigenvalue weighted by atomic mass is 32.2. The first-order chi connectivity index (χ1) is 6.22. The van der Waals surface area contributed by atoms with Crippen molar-refractivity contribution in [2.24, 2.45) is 0 Å². The molecule has 2 aliphatic rings. The molecule has 2 fully saturated rings. The maximum atomic E-state index is 11.2. The van der Waals surface area contributed by atoms with Gasteiger partial charge in [0, 0.05) is 11.3 Å². The lowest BCUT2D eigenvalue weighted by molar-refractivity contribution is -0.118. The van der Waals surface area contributed by atoms with Crippen LogP contribution < -0.4 is 5.32 Å². The molecule has 2 aliphatic heterocycles. The Bertz CT molecular complexity index is 211. The Morgan fingerprint density at radius 1 is 1.54 bits per heavy atom. The summed E-state index contributed by atoms with van der Waals surface area (Å²) in [6.45, 7) is 2.74. The van der Waals surface area contributed by atoms with E-state index >= 15 is 0 Å². The number of carbonyl (C=O) groups excluding carboxylic acids is 1. The highest BCUT2D eigenvalue weighted by Crippen LogP contribution is 2.42. The predicted molar refractivity (Wildman–Crippen MR) is 56.1 cm³/mol. The molecule has 0 amide bonds. The lowest BCUT2D eigenvalue weighted by Gasteiger charge is -2.31. The molecule has 1 N–H and O–H groups in total. The summed E-state index contributed by atoms with van der Waals surface area (Å²) in [7, 11) is 0. The van der Waals surface area contributed by atoms with Crippen LogP contribution in [0.1, 0.15) is 32.6 Å². The van der Waals surface area contributed by atoms with Crippen molar-refractivity contribution in [1.29, 1.82) is 0 Å². The summed E-state index contributed by atoms with van der Waals surface area (Å²) in [4.78, 5) is 11.2. The second-order valence-electron chi connectivity index (χ2n) is 4.24. The van der Waals surface area contributed by atoms with Crippen molar-refractivity contribution in [2.45, 2.75) is 43.4 Å². The number of thioether (sulfide) groups is 1. The lowest BCUT2D eigenvalue weighted by Crippen LogP contribution is -2.30. The summed E-state index contributed by atoms with van der Waals surface area (Å²) in [6, 6.07) is 0.144. The van der Waals surface area contributed by atoms with Crippen LogP contribution >= 0.6 is 11.8 Å². The van der Waals surface area contributed by atoms with Crippen LogP contribution in [0.4, 0.5) is 0 Å². The van der Waals surface area contributed by atoms with E-state index in [1.165, 1.54) is 25.0 Å². The highest BCUT2D eigenvalue weighted by Gasteiger charge is 2.41. The Hall–Kier alpha value is -0.0200. The fourth-order valence-electron chi connectivity index (χ4n) is 2.32. The first kappa shape index (κ1) is 9.53. The first-order valence-corrected chi connectivity index (χ1v) is 6.08. The van der Waals surface area contributed by atoms with E-state index in [4.69, 9.17) is 0 Å². The summed E-state index contributed by atoms with van der Waals surface area (Å²) in [5, 5.41) is 3.35. The molecule has 0 radical (unpaired) electrons. The van der Waals surface area contributed by atoms with Gasteiger partial charge >= 0.3 is 0 Å². The van der Waals surface area contributed by atoms with Gasteiger partial charge in [-0.3, -0.25) is 4.79 Å². The van der Waals surface area contributed by atoms with Gasteiger partial charge in [0.1, 0.15) is 5.78 Å². The van der Waals surface area contributed by atoms with Crippen LogP contribution in [0.25, 0.3) is 0 Å². The third-order valence-electron chi connectivity index (χ3n) is 3.17. The predicted octanol–water partition coefficient (Wildman–Crippen LogP) is 1.59. The Balaban J connectivity index is 1.98. The van der Waals surface area contributed by atoms with E-state index in [9.17, 15) is 4.79 Å². The monoisotopic (exact) mass is 199 g/mol. The zero-order valence-corrected chi connectivity index (χ0v) is 8.95. The SMILES string of the molecule is CC(=O)[C@@H]1CC2(CCCCS2)CN1. The molecule has 2 atom stereocenters. The standard InChI is InChI=1S/C10H17NOS/c1-8(12)9-6-10(7-11-9)4-2-3-5-13-10/h9,11H,2-7H2,1H3/t9-,10?/m0/s1. The smallest absolute Gasteiger partial charge is 0.146 e. The topological polar surface area (TPSA) is 29.1 Å². The molecule has 2 rings (SSSR count). The Morgan fingerprint density at radius 2 is 2.38 bits per heavy atom. The fourth-order valence-corrected chi connectivity index (χ4v) is 3.86. The van der Waals surface area contributed by atoms with Crippen LogP contribution in [0.3, 0.4) is 0 Å². The number of hydrogen-bond donors (Lipinski definition) is 1. The van der Waals surface area contributed by atoms with E-state index in [2.05, 4.69) is 17.1 Å². The molecule has 2 saturated heterocycles. The molecule has 0 aliphatic carbocycles. The lowest BCUT2D eigenvalue weighted by atomic mass is 9.96. The van der Waals surface area contributed by atoms with E-state index in [1.54, 1.807) is 6.92 Å². The van der Waals surface area contributed by atoms with Gasteiger partial charge in [-0.2, -0.15) is 11.8 Å². The molecule has 2 heterocycles. The van der Waals surface area contributed by atoms with Gasteiger partial charge in [-0.25, -0.2) is 0 Å². The Morgan fingerprint density at radius 3 is 2.92 bits per heavy atom. The molecule has 0 aromatic rings. The number of Topliss-reactive ketones (excluding diaryl/α,β-unsaturated/α-hetero) is 1. The maximum absolute atomic E-state index is 11.2. The van der Waals surface area contributed by atoms with Crippen molar-refractivity contribution in [2.75, 3.05) is 12.3 Å². The van der Waals surface area contributed by atoms with Gasteiger partial charge in [-0.15, -0.1) is 0 Å². The number of nitrogens with one attached hydrogen (secondary N) is 1. The normalized spacial score (nSPS) is 39.6. The summed E-state index contributed by atoms with van der Waals surface area (Å²) in [5.41, 5.74) is 0. The quantitative estimate of drug-likeness (QED) is 0.695. The van der Waals surface area contributed by atoms with Gasteiger partial charge in [0.25, 0.3) is 0 Å². The zero-order chi connectivity index (χ0) is 9.31. The zero-order valence-electron chi connectivity index (χ0n) is 8.14. The van der Waals surface area contributed by atoms with E-state index in [-0.39, 0.29) is 6.04 Å². The molecule has 0 bridgehead atoms. The van der Waals surface area contributed by atoms with Crippen LogP contribution in [0.2, 0.25) is 0 Å². The van der Waals surface area contributed by atoms with Crippen LogP contribution in [0.5, 0.6) is 0 Å². The Labute approximate surface area is 83.8 Å². The van der Waals surface area contributed by atoms with Gasteiger partial charge in [0.15, 0.2) is 0 Å². The van der Waals surface area contributed by atoms with Gasteiger partial charge in [-0.05, 0) is 31.9 Å². The van der Waals surface area contributed by atoms with Crippen LogP contribution in [0, 0.1) is 0 Å². The van der Waals surface area contributed by atoms with Crippen molar-refractivity contribution in [1.82, 2.24) is 5.32 Å². The summed E-state index contributed by atoms with van der Waals surface area (Å²) in [5.74, 6) is 1.59. The van der Waals surface area contributed by atoms with Crippen LogP contribution in [0.15, 0.2) is 0 Å². The average molecular weight is 199 g/mol. The molecule has 74 valence electrons. The maximum Gasteiger partial charge on any atom is 0.146 e. The third kappa shape index (κ3) is 1.91. The first-order valence-electron chi connectivity index (χ1n) is 5.10. The molecular weight excluding hydrogens is 182 g/mol. The summed E-state index contributed by atoms with van der Waals surface area (Å²) in [6.07, 6.45) is 5.07. The highest BCUT2D eigenvalue weighted by molar-refractivity contribution is 8.00. The number of ketones is 1.